The second-order valence-electron chi connectivity index (χ2n) is 6.34. The van der Waals surface area contributed by atoms with Crippen molar-refractivity contribution in [3.63, 3.8) is 0 Å². The van der Waals surface area contributed by atoms with Gasteiger partial charge < -0.3 is 42.8 Å². The second-order valence-corrected chi connectivity index (χ2v) is 6.34. The number of ether oxygens (including phenoxy) is 1. The van der Waals surface area contributed by atoms with Crippen molar-refractivity contribution in [3.05, 3.63) is 22.7 Å². The van der Waals surface area contributed by atoms with E-state index < -0.39 is 42.0 Å². The number of carbonyl (C=O) groups excluding carboxylic acids is 3. The standard InChI is InChI=1S/C13H19N5O6.C3H8N2O/c14-8-1-3-18(13(23)17-8)12-7(20)5-6(10(24-12)11(15)22)16-9(21)2-4-19;1-5-2-3(4)6/h1,3,6-7,10,12,19-20H,2,4-5H2,(H2,15,22)(H,16,21)(H2,14,17,23);5H,2H2,1H3,(H2,4,6)/t6?,7?,10-,12+;/m0./s1. The molecule has 0 aliphatic carbocycles. The van der Waals surface area contributed by atoms with Crippen molar-refractivity contribution < 1.29 is 29.3 Å². The van der Waals surface area contributed by atoms with Crippen molar-refractivity contribution in [2.45, 2.75) is 37.3 Å². The first-order valence-electron chi connectivity index (χ1n) is 8.91. The third-order valence-corrected chi connectivity index (χ3v) is 3.92. The zero-order valence-corrected chi connectivity index (χ0v) is 16.4. The number of carbonyl (C=O) groups is 3. The van der Waals surface area contributed by atoms with E-state index in [0.29, 0.717) is 0 Å². The predicted octanol–water partition coefficient (Wildman–Crippen LogP) is -4.48. The zero-order chi connectivity index (χ0) is 22.8. The third kappa shape index (κ3) is 7.40. The average Bonchev–Trinajstić information content (AvgIpc) is 2.63. The molecule has 1 saturated heterocycles. The van der Waals surface area contributed by atoms with E-state index in [1.54, 1.807) is 7.05 Å². The number of primary amides is 2. The van der Waals surface area contributed by atoms with Crippen LogP contribution in [-0.2, 0) is 19.1 Å². The van der Waals surface area contributed by atoms with Crippen LogP contribution in [0.15, 0.2) is 17.1 Å². The highest BCUT2D eigenvalue weighted by Gasteiger charge is 2.42. The molecular formula is C16H27N7O7. The van der Waals surface area contributed by atoms with Crippen LogP contribution in [-0.4, -0.2) is 75.9 Å². The van der Waals surface area contributed by atoms with Crippen LogP contribution in [0.25, 0.3) is 0 Å². The molecule has 1 aromatic heterocycles. The smallest absolute Gasteiger partial charge is 0.351 e. The molecule has 1 aliphatic rings. The van der Waals surface area contributed by atoms with E-state index in [2.05, 4.69) is 15.6 Å². The van der Waals surface area contributed by atoms with Crippen molar-refractivity contribution >= 4 is 23.5 Å². The van der Waals surface area contributed by atoms with Gasteiger partial charge >= 0.3 is 5.69 Å². The summed E-state index contributed by atoms with van der Waals surface area (Å²) in [6.07, 6.45) is -2.63. The molecule has 2 unspecified atom stereocenters. The average molecular weight is 429 g/mol. The summed E-state index contributed by atoms with van der Waals surface area (Å²) in [6.45, 7) is -0.0989. The van der Waals surface area contributed by atoms with Gasteiger partial charge in [-0.2, -0.15) is 4.98 Å². The maximum atomic E-state index is 11.9. The van der Waals surface area contributed by atoms with Crippen LogP contribution < -0.4 is 33.5 Å². The van der Waals surface area contributed by atoms with Crippen LogP contribution in [0.4, 0.5) is 5.82 Å². The summed E-state index contributed by atoms with van der Waals surface area (Å²) in [5, 5.41) is 24.0. The number of aromatic nitrogens is 2. The number of amides is 3. The molecule has 14 heteroatoms. The van der Waals surface area contributed by atoms with E-state index in [4.69, 9.17) is 27.0 Å². The van der Waals surface area contributed by atoms with Crippen molar-refractivity contribution in [1.82, 2.24) is 20.2 Å². The summed E-state index contributed by atoms with van der Waals surface area (Å²) < 4.78 is 6.43. The fourth-order valence-electron chi connectivity index (χ4n) is 2.66. The Balaban J connectivity index is 0.000000656. The van der Waals surface area contributed by atoms with Crippen molar-refractivity contribution in [3.8, 4) is 0 Å². The van der Waals surface area contributed by atoms with Gasteiger partial charge in [0.05, 0.1) is 19.2 Å². The minimum absolute atomic E-state index is 0.00199. The Morgan fingerprint density at radius 2 is 2.03 bits per heavy atom. The SMILES string of the molecule is CNCC(N)=O.NC(=O)[C@H]1O[C@@H](n2ccc(N)nc2=O)C(O)CC1NC(=O)CCO. The Bertz CT molecular complexity index is 800. The Labute approximate surface area is 171 Å². The lowest BCUT2D eigenvalue weighted by molar-refractivity contribution is -0.178. The lowest BCUT2D eigenvalue weighted by Crippen LogP contribution is -2.58. The summed E-state index contributed by atoms with van der Waals surface area (Å²) >= 11 is 0. The van der Waals surface area contributed by atoms with Crippen LogP contribution in [0.1, 0.15) is 19.1 Å². The van der Waals surface area contributed by atoms with Gasteiger partial charge in [-0.3, -0.25) is 19.0 Å². The van der Waals surface area contributed by atoms with E-state index in [-0.39, 0.29) is 37.7 Å². The van der Waals surface area contributed by atoms with Crippen LogP contribution in [0.5, 0.6) is 0 Å². The number of aliphatic hydroxyl groups excluding tert-OH is 2. The van der Waals surface area contributed by atoms with Crippen molar-refractivity contribution in [2.75, 3.05) is 25.9 Å². The summed E-state index contributed by atoms with van der Waals surface area (Å²) in [5.41, 5.74) is 14.6. The fraction of sp³-hybridized carbons (Fsp3) is 0.562. The van der Waals surface area contributed by atoms with E-state index in [9.17, 15) is 24.3 Å². The first-order chi connectivity index (χ1) is 14.1. The molecule has 1 aliphatic heterocycles. The molecule has 1 fully saturated rings. The van der Waals surface area contributed by atoms with Crippen LogP contribution in [0.2, 0.25) is 0 Å². The molecule has 4 atom stereocenters. The van der Waals surface area contributed by atoms with Gasteiger partial charge in [0.2, 0.25) is 17.7 Å². The molecule has 2 rings (SSSR count). The highest BCUT2D eigenvalue weighted by Crippen LogP contribution is 2.27. The van der Waals surface area contributed by atoms with Crippen LogP contribution in [0, 0.1) is 0 Å². The molecule has 30 heavy (non-hydrogen) atoms. The van der Waals surface area contributed by atoms with Gasteiger partial charge in [-0.05, 0) is 13.1 Å². The number of anilines is 1. The molecule has 0 aromatic carbocycles. The Kier molecular flexibility index (Phi) is 9.83. The molecular weight excluding hydrogens is 402 g/mol. The molecule has 0 saturated carbocycles. The molecule has 14 nitrogen and oxygen atoms in total. The van der Waals surface area contributed by atoms with Gasteiger partial charge in [-0.25, -0.2) is 4.79 Å². The number of nitrogens with one attached hydrogen (secondary N) is 2. The van der Waals surface area contributed by atoms with E-state index in [0.717, 1.165) is 4.57 Å². The minimum atomic E-state index is -1.26. The number of hydrogen-bond donors (Lipinski definition) is 7. The molecule has 0 radical (unpaired) electrons. The second kappa shape index (κ2) is 11.8. The molecule has 10 N–H and O–H groups in total. The number of nitrogens with two attached hydrogens (primary N) is 3. The molecule has 0 spiro atoms. The Morgan fingerprint density at radius 1 is 1.37 bits per heavy atom. The molecule has 168 valence electrons. The molecule has 3 amide bonds. The molecule has 2 heterocycles. The zero-order valence-electron chi connectivity index (χ0n) is 16.4. The quantitative estimate of drug-likeness (QED) is 0.219. The fourth-order valence-corrected chi connectivity index (χ4v) is 2.66. The monoisotopic (exact) mass is 429 g/mol. The Hall–Kier alpha value is -3.07. The first-order valence-corrected chi connectivity index (χ1v) is 8.91. The van der Waals surface area contributed by atoms with Gasteiger partial charge in [-0.15, -0.1) is 0 Å². The highest BCUT2D eigenvalue weighted by atomic mass is 16.5. The van der Waals surface area contributed by atoms with E-state index >= 15 is 0 Å². The third-order valence-electron chi connectivity index (χ3n) is 3.92. The van der Waals surface area contributed by atoms with Crippen LogP contribution in [0.3, 0.4) is 0 Å². The predicted molar refractivity (Wildman–Crippen MR) is 103 cm³/mol. The van der Waals surface area contributed by atoms with Gasteiger partial charge in [0.15, 0.2) is 12.3 Å². The van der Waals surface area contributed by atoms with Gasteiger partial charge in [0.1, 0.15) is 11.9 Å². The highest BCUT2D eigenvalue weighted by molar-refractivity contribution is 5.82. The maximum absolute atomic E-state index is 11.9. The summed E-state index contributed by atoms with van der Waals surface area (Å²) in [7, 11) is 1.67. The topological polar surface area (TPSA) is 238 Å². The summed E-state index contributed by atoms with van der Waals surface area (Å²) in [4.78, 5) is 48.4. The van der Waals surface area contributed by atoms with Gasteiger partial charge in [-0.1, -0.05) is 0 Å². The lowest BCUT2D eigenvalue weighted by atomic mass is 9.97. The minimum Gasteiger partial charge on any atom is -0.396 e. The Morgan fingerprint density at radius 3 is 2.50 bits per heavy atom. The first kappa shape index (κ1) is 25.0. The number of rotatable bonds is 7. The summed E-state index contributed by atoms with van der Waals surface area (Å²) in [6, 6.07) is 0.455. The number of nitrogens with zero attached hydrogens (tertiary/aromatic N) is 2. The van der Waals surface area contributed by atoms with E-state index in [1.807, 2.05) is 0 Å². The van der Waals surface area contributed by atoms with Crippen molar-refractivity contribution in [2.24, 2.45) is 11.5 Å². The van der Waals surface area contributed by atoms with E-state index in [1.165, 1.54) is 12.3 Å². The lowest BCUT2D eigenvalue weighted by Gasteiger charge is -2.38. The largest absolute Gasteiger partial charge is 0.396 e. The summed E-state index contributed by atoms with van der Waals surface area (Å²) in [5.74, 6) is -1.70. The van der Waals surface area contributed by atoms with Crippen molar-refractivity contribution in [1.29, 1.82) is 0 Å². The number of nitrogen functional groups attached to an aromatic ring is 1. The maximum Gasteiger partial charge on any atom is 0.351 e. The van der Waals surface area contributed by atoms with Gasteiger partial charge in [0, 0.05) is 19.0 Å². The normalized spacial score (nSPS) is 23.0. The van der Waals surface area contributed by atoms with Crippen LogP contribution >= 0.6 is 0 Å². The number of aliphatic hydroxyl groups is 2. The molecule has 1 aromatic rings. The number of likely N-dealkylation sites (N-methyl/N-ethyl adjacent to an activating group) is 1. The molecule has 0 bridgehead atoms. The number of hydrogen-bond acceptors (Lipinski definition) is 10. The van der Waals surface area contributed by atoms with Gasteiger partial charge in [0.25, 0.3) is 0 Å².